The second kappa shape index (κ2) is 3.55. The zero-order valence-electron chi connectivity index (χ0n) is 7.15. The molecule has 1 heterocycles. The fourth-order valence-corrected chi connectivity index (χ4v) is 1.43. The fourth-order valence-electron chi connectivity index (χ4n) is 1.43. The molecule has 0 aliphatic carbocycles. The third-order valence-electron chi connectivity index (χ3n) is 1.95. The zero-order valence-corrected chi connectivity index (χ0v) is 7.15. The molecule has 0 amide bonds. The van der Waals surface area contributed by atoms with Gasteiger partial charge in [-0.25, -0.2) is 0 Å². The van der Waals surface area contributed by atoms with Gasteiger partial charge in [-0.2, -0.15) is 0 Å². The van der Waals surface area contributed by atoms with Gasteiger partial charge in [0.15, 0.2) is 11.9 Å². The predicted octanol–water partition coefficient (Wildman–Crippen LogP) is -0.0182. The molecule has 72 valence electrons. The molecule has 1 rings (SSSR count). The van der Waals surface area contributed by atoms with Crippen molar-refractivity contribution in [2.24, 2.45) is 5.92 Å². The van der Waals surface area contributed by atoms with Crippen LogP contribution < -0.4 is 0 Å². The Morgan fingerprint density at radius 2 is 2.23 bits per heavy atom. The van der Waals surface area contributed by atoms with Crippen LogP contribution in [0.2, 0.25) is 0 Å². The maximum absolute atomic E-state index is 10.9. The largest absolute Gasteiger partial charge is 0.481 e. The smallest absolute Gasteiger partial charge is 0.306 e. The van der Waals surface area contributed by atoms with Crippen LogP contribution in [0.25, 0.3) is 0 Å². The summed E-state index contributed by atoms with van der Waals surface area (Å²) in [6, 6.07) is 0. The molecule has 0 saturated carbocycles. The first kappa shape index (κ1) is 9.70. The first-order chi connectivity index (χ1) is 6.00. The number of carboxylic acids is 1. The number of cyclic esters (lactones) is 1. The maximum atomic E-state index is 10.9. The molecule has 0 spiro atoms. The van der Waals surface area contributed by atoms with E-state index in [2.05, 4.69) is 4.74 Å². The third-order valence-corrected chi connectivity index (χ3v) is 1.95. The van der Waals surface area contributed by atoms with Crippen molar-refractivity contribution >= 4 is 17.7 Å². The number of ether oxygens (including phenoxy) is 1. The minimum atomic E-state index is -1.02. The topological polar surface area (TPSA) is 80.7 Å². The van der Waals surface area contributed by atoms with Crippen molar-refractivity contribution in [2.45, 2.75) is 25.9 Å². The van der Waals surface area contributed by atoms with E-state index in [0.29, 0.717) is 0 Å². The van der Waals surface area contributed by atoms with Crippen LogP contribution in [0.4, 0.5) is 0 Å². The molecule has 2 unspecified atom stereocenters. The highest BCUT2D eigenvalue weighted by molar-refractivity contribution is 5.87. The number of hydrogen-bond donors (Lipinski definition) is 1. The Morgan fingerprint density at radius 3 is 2.69 bits per heavy atom. The summed E-state index contributed by atoms with van der Waals surface area (Å²) >= 11 is 0. The van der Waals surface area contributed by atoms with E-state index >= 15 is 0 Å². The summed E-state index contributed by atoms with van der Waals surface area (Å²) in [5, 5.41) is 8.48. The quantitative estimate of drug-likeness (QED) is 0.626. The first-order valence-electron chi connectivity index (χ1n) is 3.92. The number of esters is 1. The summed E-state index contributed by atoms with van der Waals surface area (Å²) in [6.07, 6.45) is -1.03. The van der Waals surface area contributed by atoms with Crippen LogP contribution in [-0.2, 0) is 19.1 Å². The Hall–Kier alpha value is -1.39. The van der Waals surface area contributed by atoms with Crippen LogP contribution in [0.5, 0.6) is 0 Å². The summed E-state index contributed by atoms with van der Waals surface area (Å²) < 4.78 is 4.68. The SMILES string of the molecule is CC(=O)C1OC(=O)CC1CC(=O)O. The molecule has 5 heteroatoms. The number of carbonyl (C=O) groups is 3. The van der Waals surface area contributed by atoms with Crippen molar-refractivity contribution < 1.29 is 24.2 Å². The highest BCUT2D eigenvalue weighted by atomic mass is 16.6. The molecule has 0 radical (unpaired) electrons. The molecule has 0 aromatic carbocycles. The van der Waals surface area contributed by atoms with Gasteiger partial charge in [0.2, 0.25) is 0 Å². The minimum absolute atomic E-state index is 0.0244. The minimum Gasteiger partial charge on any atom is -0.481 e. The van der Waals surface area contributed by atoms with Crippen LogP contribution in [0.3, 0.4) is 0 Å². The van der Waals surface area contributed by atoms with Gasteiger partial charge in [-0.3, -0.25) is 14.4 Å². The van der Waals surface area contributed by atoms with E-state index in [9.17, 15) is 14.4 Å². The number of Topliss-reactive ketones (excluding diaryl/α,β-unsaturated/α-hetero) is 1. The Labute approximate surface area is 74.7 Å². The first-order valence-corrected chi connectivity index (χ1v) is 3.92. The van der Waals surface area contributed by atoms with Gasteiger partial charge in [0.05, 0.1) is 12.8 Å². The lowest BCUT2D eigenvalue weighted by Gasteiger charge is -2.11. The summed E-state index contributed by atoms with van der Waals surface area (Å²) in [5.74, 6) is -2.30. The van der Waals surface area contributed by atoms with Crippen molar-refractivity contribution in [3.05, 3.63) is 0 Å². The molecule has 1 N–H and O–H groups in total. The lowest BCUT2D eigenvalue weighted by molar-refractivity contribution is -0.148. The average molecular weight is 186 g/mol. The lowest BCUT2D eigenvalue weighted by Crippen LogP contribution is -2.26. The van der Waals surface area contributed by atoms with Gasteiger partial charge in [-0.05, 0) is 6.92 Å². The van der Waals surface area contributed by atoms with E-state index in [1.165, 1.54) is 6.92 Å². The van der Waals surface area contributed by atoms with Crippen molar-refractivity contribution in [3.63, 3.8) is 0 Å². The molecule has 2 atom stereocenters. The van der Waals surface area contributed by atoms with Crippen molar-refractivity contribution in [1.82, 2.24) is 0 Å². The molecule has 1 aliphatic rings. The molecule has 5 nitrogen and oxygen atoms in total. The van der Waals surface area contributed by atoms with Crippen molar-refractivity contribution in [1.29, 1.82) is 0 Å². The van der Waals surface area contributed by atoms with Gasteiger partial charge >= 0.3 is 11.9 Å². The second-order valence-electron chi connectivity index (χ2n) is 3.08. The van der Waals surface area contributed by atoms with Gasteiger partial charge in [0, 0.05) is 5.92 Å². The number of aliphatic carboxylic acids is 1. The summed E-state index contributed by atoms with van der Waals surface area (Å²) in [5.41, 5.74) is 0. The number of ketones is 1. The summed E-state index contributed by atoms with van der Waals surface area (Å²) in [4.78, 5) is 32.0. The molecule has 13 heavy (non-hydrogen) atoms. The van der Waals surface area contributed by atoms with Crippen LogP contribution in [0.1, 0.15) is 19.8 Å². The predicted molar refractivity (Wildman–Crippen MR) is 40.9 cm³/mol. The molecule has 1 saturated heterocycles. The van der Waals surface area contributed by atoms with Crippen LogP contribution in [-0.4, -0.2) is 28.9 Å². The van der Waals surface area contributed by atoms with Gasteiger partial charge in [0.1, 0.15) is 0 Å². The van der Waals surface area contributed by atoms with Crippen molar-refractivity contribution in [3.8, 4) is 0 Å². The van der Waals surface area contributed by atoms with Gasteiger partial charge in [0.25, 0.3) is 0 Å². The van der Waals surface area contributed by atoms with E-state index in [4.69, 9.17) is 5.11 Å². The van der Waals surface area contributed by atoms with E-state index in [0.717, 1.165) is 0 Å². The maximum Gasteiger partial charge on any atom is 0.306 e. The van der Waals surface area contributed by atoms with E-state index in [1.807, 2.05) is 0 Å². The van der Waals surface area contributed by atoms with Crippen LogP contribution in [0.15, 0.2) is 0 Å². The Kier molecular flexibility index (Phi) is 2.65. The van der Waals surface area contributed by atoms with Gasteiger partial charge < -0.3 is 9.84 Å². The Bertz CT molecular complexity index is 257. The number of carboxylic acid groups (broad SMARTS) is 1. The van der Waals surface area contributed by atoms with Crippen LogP contribution >= 0.6 is 0 Å². The standard InChI is InChI=1S/C8H10O5/c1-4(9)8-5(2-6(10)11)3-7(12)13-8/h5,8H,2-3H2,1H3,(H,10,11). The summed E-state index contributed by atoms with van der Waals surface area (Å²) in [7, 11) is 0. The second-order valence-corrected chi connectivity index (χ2v) is 3.08. The lowest BCUT2D eigenvalue weighted by atomic mass is 9.95. The average Bonchev–Trinajstić information content (AvgIpc) is 2.29. The number of carbonyl (C=O) groups excluding carboxylic acids is 2. The molecule has 1 fully saturated rings. The van der Waals surface area contributed by atoms with E-state index in [-0.39, 0.29) is 18.6 Å². The van der Waals surface area contributed by atoms with E-state index < -0.39 is 24.0 Å². The number of rotatable bonds is 3. The van der Waals surface area contributed by atoms with Crippen LogP contribution in [0, 0.1) is 5.92 Å². The number of hydrogen-bond acceptors (Lipinski definition) is 4. The highest BCUT2D eigenvalue weighted by Crippen LogP contribution is 2.25. The highest BCUT2D eigenvalue weighted by Gasteiger charge is 2.38. The van der Waals surface area contributed by atoms with Gasteiger partial charge in [-0.15, -0.1) is 0 Å². The summed E-state index contributed by atoms with van der Waals surface area (Å²) in [6.45, 7) is 1.29. The molecular formula is C8H10O5. The molecular weight excluding hydrogens is 176 g/mol. The monoisotopic (exact) mass is 186 g/mol. The Balaban J connectivity index is 2.66. The van der Waals surface area contributed by atoms with Crippen molar-refractivity contribution in [2.75, 3.05) is 0 Å². The van der Waals surface area contributed by atoms with E-state index in [1.54, 1.807) is 0 Å². The molecule has 1 aliphatic heterocycles. The van der Waals surface area contributed by atoms with Gasteiger partial charge in [-0.1, -0.05) is 0 Å². The molecule has 0 aromatic rings. The molecule has 0 bridgehead atoms. The normalized spacial score (nSPS) is 27.0. The molecule has 0 aromatic heterocycles. The third kappa shape index (κ3) is 2.27. The zero-order chi connectivity index (χ0) is 10.0. The fraction of sp³-hybridized carbons (Fsp3) is 0.625. The Morgan fingerprint density at radius 1 is 1.62 bits per heavy atom.